The van der Waals surface area contributed by atoms with Crippen LogP contribution in [0.15, 0.2) is 54.7 Å². The van der Waals surface area contributed by atoms with E-state index in [0.29, 0.717) is 23.4 Å². The Morgan fingerprint density at radius 1 is 1.16 bits per heavy atom. The van der Waals surface area contributed by atoms with Gasteiger partial charge in [-0.05, 0) is 48.2 Å². The fraction of sp³-hybridized carbons (Fsp3) is 0.217. The van der Waals surface area contributed by atoms with Crippen LogP contribution in [0, 0.1) is 5.82 Å². The molecule has 0 unspecified atom stereocenters. The molecule has 1 aliphatic heterocycles. The Balaban J connectivity index is 1.67. The van der Waals surface area contributed by atoms with Gasteiger partial charge in [0.05, 0.1) is 18.2 Å². The van der Waals surface area contributed by atoms with Crippen LogP contribution in [-0.2, 0) is 11.2 Å². The number of benzene rings is 2. The van der Waals surface area contributed by atoms with Crippen LogP contribution in [0.2, 0.25) is 0 Å². The van der Waals surface area contributed by atoms with Crippen molar-refractivity contribution in [2.24, 2.45) is 5.73 Å². The van der Waals surface area contributed by atoms with E-state index >= 15 is 0 Å². The van der Waals surface area contributed by atoms with Gasteiger partial charge in [0.15, 0.2) is 0 Å². The Kier molecular flexibility index (Phi) is 5.62. The molecule has 0 saturated carbocycles. The Morgan fingerprint density at radius 3 is 2.68 bits per heavy atom. The van der Waals surface area contributed by atoms with E-state index < -0.39 is 5.91 Å². The van der Waals surface area contributed by atoms with Crippen molar-refractivity contribution < 1.29 is 14.0 Å². The molecule has 3 aromatic rings. The van der Waals surface area contributed by atoms with Gasteiger partial charge in [0.1, 0.15) is 5.82 Å². The first-order valence-electron chi connectivity index (χ1n) is 9.99. The second-order valence-corrected chi connectivity index (χ2v) is 7.52. The Hall–Kier alpha value is -3.81. The number of carbonyl (C=O) groups excluding carboxylic acids is 2. The summed E-state index contributed by atoms with van der Waals surface area (Å²) >= 11 is 0. The first-order chi connectivity index (χ1) is 14.9. The molecule has 0 radical (unpaired) electrons. The fourth-order valence-electron chi connectivity index (χ4n) is 3.95. The smallest absolute Gasteiger partial charge is 0.248 e. The summed E-state index contributed by atoms with van der Waals surface area (Å²) in [5.41, 5.74) is 14.5. The SMILES string of the molecule is NC(=O)c1cccc(-c2cnc(N)nc2[C@H]2CCCN2C(=O)Cc2ccc(F)cc2)c1. The minimum atomic E-state index is -0.531. The number of hydrogen-bond donors (Lipinski definition) is 2. The van der Waals surface area contributed by atoms with E-state index in [4.69, 9.17) is 11.5 Å². The average Bonchev–Trinajstić information content (AvgIpc) is 3.25. The zero-order valence-electron chi connectivity index (χ0n) is 16.8. The molecule has 2 heterocycles. The summed E-state index contributed by atoms with van der Waals surface area (Å²) in [6.07, 6.45) is 3.33. The topological polar surface area (TPSA) is 115 Å². The number of amides is 2. The third-order valence-corrected chi connectivity index (χ3v) is 5.45. The van der Waals surface area contributed by atoms with Crippen molar-refractivity contribution in [3.05, 3.63) is 77.4 Å². The normalized spacial score (nSPS) is 15.8. The number of rotatable bonds is 5. The monoisotopic (exact) mass is 419 g/mol. The lowest BCUT2D eigenvalue weighted by atomic mass is 9.98. The Labute approximate surface area is 178 Å². The molecule has 4 rings (SSSR count). The molecule has 4 N–H and O–H groups in total. The van der Waals surface area contributed by atoms with E-state index in [1.165, 1.54) is 12.1 Å². The van der Waals surface area contributed by atoms with Crippen molar-refractivity contribution in [3.63, 3.8) is 0 Å². The zero-order valence-corrected chi connectivity index (χ0v) is 16.8. The number of aromatic nitrogens is 2. The molecule has 0 aliphatic carbocycles. The third-order valence-electron chi connectivity index (χ3n) is 5.45. The maximum atomic E-state index is 13.2. The molecule has 2 amide bonds. The minimum Gasteiger partial charge on any atom is -0.368 e. The molecule has 1 aliphatic rings. The molecule has 7 nitrogen and oxygen atoms in total. The van der Waals surface area contributed by atoms with Crippen LogP contribution < -0.4 is 11.5 Å². The molecular formula is C23H22FN5O2. The van der Waals surface area contributed by atoms with Crippen molar-refractivity contribution in [2.45, 2.75) is 25.3 Å². The number of primary amides is 1. The summed E-state index contributed by atoms with van der Waals surface area (Å²) in [4.78, 5) is 35.0. The van der Waals surface area contributed by atoms with Crippen molar-refractivity contribution in [3.8, 4) is 11.1 Å². The highest BCUT2D eigenvalue weighted by Gasteiger charge is 2.33. The lowest BCUT2D eigenvalue weighted by molar-refractivity contribution is -0.131. The predicted octanol–water partition coefficient (Wildman–Crippen LogP) is 2.87. The summed E-state index contributed by atoms with van der Waals surface area (Å²) < 4.78 is 13.2. The summed E-state index contributed by atoms with van der Waals surface area (Å²) in [6.45, 7) is 0.593. The molecule has 31 heavy (non-hydrogen) atoms. The number of likely N-dealkylation sites (tertiary alicyclic amines) is 1. The van der Waals surface area contributed by atoms with Crippen LogP contribution in [0.3, 0.4) is 0 Å². The van der Waals surface area contributed by atoms with Crippen molar-refractivity contribution in [1.29, 1.82) is 0 Å². The van der Waals surface area contributed by atoms with Gasteiger partial charge in [-0.15, -0.1) is 0 Å². The van der Waals surface area contributed by atoms with E-state index in [2.05, 4.69) is 9.97 Å². The molecule has 2 aromatic carbocycles. The first kappa shape index (κ1) is 20.5. The third kappa shape index (κ3) is 4.37. The van der Waals surface area contributed by atoms with Crippen molar-refractivity contribution in [2.75, 3.05) is 12.3 Å². The van der Waals surface area contributed by atoms with Gasteiger partial charge in [0.2, 0.25) is 17.8 Å². The van der Waals surface area contributed by atoms with Crippen LogP contribution in [0.4, 0.5) is 10.3 Å². The van der Waals surface area contributed by atoms with E-state index in [9.17, 15) is 14.0 Å². The van der Waals surface area contributed by atoms with Crippen LogP contribution in [-0.4, -0.2) is 33.2 Å². The number of halogens is 1. The zero-order chi connectivity index (χ0) is 22.0. The maximum Gasteiger partial charge on any atom is 0.248 e. The standard InChI is InChI=1S/C23H22FN5O2/c24-17-8-6-14(7-9-17)11-20(30)29-10-2-5-19(29)21-18(13-27-23(26)28-21)15-3-1-4-16(12-15)22(25)31/h1,3-4,6-9,12-13,19H,2,5,10-11H2,(H2,25,31)(H2,26,27,28)/t19-/m1/s1. The highest BCUT2D eigenvalue weighted by atomic mass is 19.1. The quantitative estimate of drug-likeness (QED) is 0.660. The van der Waals surface area contributed by atoms with Crippen molar-refractivity contribution in [1.82, 2.24) is 14.9 Å². The van der Waals surface area contributed by atoms with Gasteiger partial charge in [0.25, 0.3) is 0 Å². The number of nitrogen functional groups attached to an aromatic ring is 1. The maximum absolute atomic E-state index is 13.2. The molecule has 8 heteroatoms. The first-order valence-corrected chi connectivity index (χ1v) is 9.99. The molecule has 1 aromatic heterocycles. The van der Waals surface area contributed by atoms with Gasteiger partial charge in [-0.25, -0.2) is 14.4 Å². The number of carbonyl (C=O) groups is 2. The van der Waals surface area contributed by atoms with Gasteiger partial charge in [0, 0.05) is 23.9 Å². The van der Waals surface area contributed by atoms with E-state index in [1.807, 2.05) is 6.07 Å². The van der Waals surface area contributed by atoms with E-state index in [-0.39, 0.29) is 30.1 Å². The number of nitrogens with zero attached hydrogens (tertiary/aromatic N) is 3. The highest BCUT2D eigenvalue weighted by Crippen LogP contribution is 2.37. The highest BCUT2D eigenvalue weighted by molar-refractivity contribution is 5.94. The van der Waals surface area contributed by atoms with Crippen LogP contribution in [0.5, 0.6) is 0 Å². The van der Waals surface area contributed by atoms with Crippen molar-refractivity contribution >= 4 is 17.8 Å². The van der Waals surface area contributed by atoms with Gasteiger partial charge >= 0.3 is 0 Å². The summed E-state index contributed by atoms with van der Waals surface area (Å²) in [5.74, 6) is -0.822. The molecular weight excluding hydrogens is 397 g/mol. The Bertz CT molecular complexity index is 1130. The minimum absolute atomic E-state index is 0.0665. The van der Waals surface area contributed by atoms with Crippen LogP contribution in [0.25, 0.3) is 11.1 Å². The number of hydrogen-bond acceptors (Lipinski definition) is 5. The largest absolute Gasteiger partial charge is 0.368 e. The molecule has 0 bridgehead atoms. The lowest BCUT2D eigenvalue weighted by Gasteiger charge is -2.26. The molecule has 158 valence electrons. The van der Waals surface area contributed by atoms with Gasteiger partial charge < -0.3 is 16.4 Å². The lowest BCUT2D eigenvalue weighted by Crippen LogP contribution is -2.32. The summed E-state index contributed by atoms with van der Waals surface area (Å²) in [5, 5.41) is 0. The molecule has 1 saturated heterocycles. The Morgan fingerprint density at radius 2 is 1.94 bits per heavy atom. The predicted molar refractivity (Wildman–Crippen MR) is 114 cm³/mol. The van der Waals surface area contributed by atoms with Gasteiger partial charge in [-0.1, -0.05) is 24.3 Å². The second-order valence-electron chi connectivity index (χ2n) is 7.52. The van der Waals surface area contributed by atoms with Gasteiger partial charge in [-0.2, -0.15) is 0 Å². The second kappa shape index (κ2) is 8.51. The van der Waals surface area contributed by atoms with E-state index in [1.54, 1.807) is 41.4 Å². The number of nitrogens with two attached hydrogens (primary N) is 2. The van der Waals surface area contributed by atoms with E-state index in [0.717, 1.165) is 24.0 Å². The van der Waals surface area contributed by atoms with Gasteiger partial charge in [-0.3, -0.25) is 9.59 Å². The average molecular weight is 419 g/mol. The summed E-state index contributed by atoms with van der Waals surface area (Å²) in [6, 6.07) is 12.5. The molecule has 1 fully saturated rings. The number of anilines is 1. The fourth-order valence-corrected chi connectivity index (χ4v) is 3.95. The van der Waals surface area contributed by atoms with Crippen LogP contribution >= 0.6 is 0 Å². The summed E-state index contributed by atoms with van der Waals surface area (Å²) in [7, 11) is 0. The molecule has 0 spiro atoms. The van der Waals surface area contributed by atoms with Crippen LogP contribution in [0.1, 0.15) is 40.5 Å². The molecule has 1 atom stereocenters.